The molecule has 3 aliphatic heterocycles. The highest BCUT2D eigenvalue weighted by atomic mass is 16.5. The summed E-state index contributed by atoms with van der Waals surface area (Å²) in [5.41, 5.74) is 4.66. The number of nitrogens with one attached hydrogen (secondary N) is 1. The highest BCUT2D eigenvalue weighted by molar-refractivity contribution is 5.94. The van der Waals surface area contributed by atoms with Crippen LogP contribution < -0.4 is 5.32 Å². The van der Waals surface area contributed by atoms with Crippen LogP contribution in [0.3, 0.4) is 0 Å². The highest BCUT2D eigenvalue weighted by Gasteiger charge is 2.62. The molecule has 0 saturated carbocycles. The third-order valence-corrected chi connectivity index (χ3v) is 6.71. The van der Waals surface area contributed by atoms with Gasteiger partial charge in [-0.25, -0.2) is 4.79 Å². The Bertz CT molecular complexity index is 856. The number of piperidine rings is 1. The van der Waals surface area contributed by atoms with Gasteiger partial charge in [0.2, 0.25) is 0 Å². The molecule has 1 aromatic carbocycles. The molecular weight excluding hydrogens is 316 g/mol. The molecule has 2 N–H and O–H groups in total. The van der Waals surface area contributed by atoms with E-state index in [2.05, 4.69) is 29.3 Å². The minimum atomic E-state index is -0.252. The van der Waals surface area contributed by atoms with Crippen molar-refractivity contribution in [2.45, 2.75) is 31.2 Å². The molecule has 5 rings (SSSR count). The van der Waals surface area contributed by atoms with Crippen LogP contribution in [-0.2, 0) is 14.9 Å². The number of esters is 1. The maximum Gasteiger partial charge on any atom is 0.336 e. The van der Waals surface area contributed by atoms with Gasteiger partial charge in [0.15, 0.2) is 0 Å². The van der Waals surface area contributed by atoms with E-state index in [4.69, 9.17) is 4.74 Å². The maximum atomic E-state index is 12.8. The Kier molecular flexibility index (Phi) is 2.93. The van der Waals surface area contributed by atoms with Crippen molar-refractivity contribution in [3.8, 4) is 5.75 Å². The van der Waals surface area contributed by atoms with Crippen LogP contribution in [0.5, 0.6) is 5.75 Å². The summed E-state index contributed by atoms with van der Waals surface area (Å²) in [4.78, 5) is 15.3. The van der Waals surface area contributed by atoms with Crippen LogP contribution in [0, 0.1) is 5.92 Å². The summed E-state index contributed by atoms with van der Waals surface area (Å²) < 4.78 is 5.17. The van der Waals surface area contributed by atoms with Crippen LogP contribution in [0.15, 0.2) is 41.1 Å². The Hall–Kier alpha value is -2.27. The van der Waals surface area contributed by atoms with Crippen LogP contribution in [0.2, 0.25) is 0 Å². The first-order valence-corrected chi connectivity index (χ1v) is 8.93. The van der Waals surface area contributed by atoms with Crippen LogP contribution in [0.25, 0.3) is 0 Å². The van der Waals surface area contributed by atoms with E-state index in [-0.39, 0.29) is 23.1 Å². The number of hydrogen-bond donors (Lipinski definition) is 2. The number of rotatable bonds is 1. The van der Waals surface area contributed by atoms with E-state index in [0.29, 0.717) is 6.04 Å². The fraction of sp³-hybridized carbons (Fsp3) is 0.450. The second-order valence-corrected chi connectivity index (χ2v) is 7.46. The molecule has 3 atom stereocenters. The molecule has 5 nitrogen and oxygen atoms in total. The van der Waals surface area contributed by atoms with Crippen molar-refractivity contribution in [2.75, 3.05) is 25.5 Å². The van der Waals surface area contributed by atoms with E-state index in [1.54, 1.807) is 6.07 Å². The van der Waals surface area contributed by atoms with E-state index in [9.17, 15) is 9.90 Å². The van der Waals surface area contributed by atoms with Crippen molar-refractivity contribution in [3.05, 3.63) is 46.7 Å². The van der Waals surface area contributed by atoms with E-state index >= 15 is 0 Å². The molecule has 1 spiro atoms. The zero-order valence-corrected chi connectivity index (χ0v) is 14.5. The lowest BCUT2D eigenvalue weighted by atomic mass is 9.62. The number of nitrogens with zero attached hydrogens (tertiary/aromatic N) is 1. The molecule has 2 bridgehead atoms. The van der Waals surface area contributed by atoms with Gasteiger partial charge in [0, 0.05) is 30.7 Å². The van der Waals surface area contributed by atoms with Crippen molar-refractivity contribution in [2.24, 2.45) is 5.92 Å². The van der Waals surface area contributed by atoms with Gasteiger partial charge in [0.1, 0.15) is 5.75 Å². The number of aromatic hydroxyl groups is 1. The van der Waals surface area contributed by atoms with Gasteiger partial charge in [-0.3, -0.25) is 4.90 Å². The number of methoxy groups -OCH3 is 1. The lowest BCUT2D eigenvalue weighted by Crippen LogP contribution is -2.53. The fourth-order valence-electron chi connectivity index (χ4n) is 5.67. The van der Waals surface area contributed by atoms with Gasteiger partial charge >= 0.3 is 5.97 Å². The topological polar surface area (TPSA) is 61.8 Å². The summed E-state index contributed by atoms with van der Waals surface area (Å²) in [5.74, 6) is 0.0958. The molecule has 1 aromatic rings. The Balaban J connectivity index is 1.83. The predicted molar refractivity (Wildman–Crippen MR) is 94.3 cm³/mol. The molecule has 2 saturated heterocycles. The summed E-state index contributed by atoms with van der Waals surface area (Å²) in [6, 6.07) is 6.06. The van der Waals surface area contributed by atoms with Gasteiger partial charge in [-0.05, 0) is 31.4 Å². The molecule has 0 radical (unpaired) electrons. The largest absolute Gasteiger partial charge is 0.506 e. The molecule has 2 fully saturated rings. The van der Waals surface area contributed by atoms with E-state index in [0.717, 1.165) is 48.5 Å². The molecule has 5 heteroatoms. The standard InChI is InChI=1S/C20H22N2O3/c1-3-11-10-22-8-7-20-13-5-4-6-14(23)17(13)21-18(20)16(19(24)25-2)12(11)9-15(20)22/h3-6,12,15,21,23H,7-10H2,1-2H3/b11-3+/t12-,15+,20?/m0/s1. The van der Waals surface area contributed by atoms with E-state index < -0.39 is 0 Å². The number of hydrogen-bond acceptors (Lipinski definition) is 5. The van der Waals surface area contributed by atoms with Crippen molar-refractivity contribution in [1.29, 1.82) is 0 Å². The second-order valence-electron chi connectivity index (χ2n) is 7.46. The van der Waals surface area contributed by atoms with Gasteiger partial charge < -0.3 is 15.2 Å². The average Bonchev–Trinajstić information content (AvgIpc) is 3.18. The minimum Gasteiger partial charge on any atom is -0.506 e. The zero-order chi connectivity index (χ0) is 17.3. The molecule has 0 aromatic heterocycles. The SMILES string of the molecule is C/C=C1\CN2CCC34C(=C(C(=O)OC)[C@H]1C[C@@H]23)Nc1c(O)cccc14. The first-order valence-electron chi connectivity index (χ1n) is 8.93. The van der Waals surface area contributed by atoms with Crippen LogP contribution in [-0.4, -0.2) is 42.2 Å². The maximum absolute atomic E-state index is 12.8. The van der Waals surface area contributed by atoms with Gasteiger partial charge in [0.25, 0.3) is 0 Å². The summed E-state index contributed by atoms with van der Waals surface area (Å²) >= 11 is 0. The van der Waals surface area contributed by atoms with E-state index in [1.807, 2.05) is 6.07 Å². The number of phenolic OH excluding ortho intramolecular Hbond substituents is 1. The van der Waals surface area contributed by atoms with Crippen molar-refractivity contribution < 1.29 is 14.6 Å². The van der Waals surface area contributed by atoms with Gasteiger partial charge in [-0.2, -0.15) is 0 Å². The number of ether oxygens (including phenoxy) is 1. The van der Waals surface area contributed by atoms with E-state index in [1.165, 1.54) is 12.7 Å². The number of carbonyl (C=O) groups excluding carboxylic acids is 1. The first-order chi connectivity index (χ1) is 12.1. The van der Waals surface area contributed by atoms with Crippen LogP contribution >= 0.6 is 0 Å². The highest BCUT2D eigenvalue weighted by Crippen LogP contribution is 2.62. The number of phenols is 1. The van der Waals surface area contributed by atoms with Crippen molar-refractivity contribution in [1.82, 2.24) is 4.90 Å². The monoisotopic (exact) mass is 338 g/mol. The van der Waals surface area contributed by atoms with Gasteiger partial charge in [-0.1, -0.05) is 23.8 Å². The first kappa shape index (κ1) is 15.0. The number of allylic oxidation sites excluding steroid dienone is 1. The zero-order valence-electron chi connectivity index (χ0n) is 14.5. The van der Waals surface area contributed by atoms with Gasteiger partial charge in [0.05, 0.1) is 23.8 Å². The Morgan fingerprint density at radius 2 is 2.32 bits per heavy atom. The third kappa shape index (κ3) is 1.64. The molecule has 1 unspecified atom stereocenters. The number of benzene rings is 1. The Morgan fingerprint density at radius 3 is 3.08 bits per heavy atom. The Morgan fingerprint density at radius 1 is 1.48 bits per heavy atom. The number of fused-ring (bicyclic) bond motifs is 2. The lowest BCUT2D eigenvalue weighted by molar-refractivity contribution is -0.137. The summed E-state index contributed by atoms with van der Waals surface area (Å²) in [6.07, 6.45) is 4.04. The molecule has 0 amide bonds. The molecule has 3 heterocycles. The lowest BCUT2D eigenvalue weighted by Gasteiger charge is -2.48. The molecule has 1 aliphatic carbocycles. The second kappa shape index (κ2) is 4.88. The summed E-state index contributed by atoms with van der Waals surface area (Å²) in [6.45, 7) is 3.97. The average molecular weight is 338 g/mol. The van der Waals surface area contributed by atoms with Crippen LogP contribution in [0.1, 0.15) is 25.3 Å². The number of para-hydroxylation sites is 1. The molecule has 130 valence electrons. The molecule has 4 aliphatic rings. The van der Waals surface area contributed by atoms with Crippen molar-refractivity contribution >= 4 is 11.7 Å². The quantitative estimate of drug-likeness (QED) is 0.468. The van der Waals surface area contributed by atoms with Crippen molar-refractivity contribution in [3.63, 3.8) is 0 Å². The summed E-state index contributed by atoms with van der Waals surface area (Å²) in [5, 5.41) is 13.8. The van der Waals surface area contributed by atoms with Crippen LogP contribution in [0.4, 0.5) is 5.69 Å². The normalized spacial score (nSPS) is 33.9. The smallest absolute Gasteiger partial charge is 0.336 e. The molecular formula is C20H22N2O3. The fourth-order valence-corrected chi connectivity index (χ4v) is 5.67. The summed E-state index contributed by atoms with van der Waals surface area (Å²) in [7, 11) is 1.45. The predicted octanol–water partition coefficient (Wildman–Crippen LogP) is 2.54. The third-order valence-electron chi connectivity index (χ3n) is 6.71. The van der Waals surface area contributed by atoms with Gasteiger partial charge in [-0.15, -0.1) is 0 Å². The minimum absolute atomic E-state index is 0.101. The molecule has 25 heavy (non-hydrogen) atoms. The number of anilines is 1. The Labute approximate surface area is 147 Å². The number of carbonyl (C=O) groups is 1.